The predicted molar refractivity (Wildman–Crippen MR) is 89.4 cm³/mol. The van der Waals surface area contributed by atoms with Crippen LogP contribution in [0.25, 0.3) is 6.08 Å². The predicted octanol–water partition coefficient (Wildman–Crippen LogP) is 4.54. The molecule has 0 aliphatic rings. The van der Waals surface area contributed by atoms with Gasteiger partial charge in [0.2, 0.25) is 5.78 Å². The van der Waals surface area contributed by atoms with E-state index < -0.39 is 12.1 Å². The van der Waals surface area contributed by atoms with E-state index in [1.54, 1.807) is 48.6 Å². The molecule has 1 aromatic heterocycles. The van der Waals surface area contributed by atoms with Crippen molar-refractivity contribution >= 4 is 40.8 Å². The summed E-state index contributed by atoms with van der Waals surface area (Å²) in [4.78, 5) is 26.0. The molecular weight excluding hydrogens is 320 g/mol. The van der Waals surface area contributed by atoms with Crippen LogP contribution in [0, 0.1) is 6.92 Å². The third-order valence-electron chi connectivity index (χ3n) is 2.94. The molecule has 2 rings (SSSR count). The summed E-state index contributed by atoms with van der Waals surface area (Å²) in [5, 5.41) is 0.551. The number of esters is 1. The zero-order valence-electron chi connectivity index (χ0n) is 12.2. The lowest BCUT2D eigenvalue weighted by atomic mass is 10.1. The Labute approximate surface area is 138 Å². The van der Waals surface area contributed by atoms with Crippen LogP contribution >= 0.6 is 22.9 Å². The number of rotatable bonds is 5. The van der Waals surface area contributed by atoms with Crippen molar-refractivity contribution in [1.29, 1.82) is 0 Å². The van der Waals surface area contributed by atoms with Gasteiger partial charge in [0.05, 0.1) is 0 Å². The number of Topliss-reactive ketones (excluding diaryl/α,β-unsaturated/α-hetero) is 1. The van der Waals surface area contributed by atoms with Crippen molar-refractivity contribution in [2.75, 3.05) is 0 Å². The van der Waals surface area contributed by atoms with Crippen molar-refractivity contribution in [3.8, 4) is 0 Å². The summed E-state index contributed by atoms with van der Waals surface area (Å²) in [5.41, 5.74) is 0.461. The molecule has 0 bridgehead atoms. The van der Waals surface area contributed by atoms with E-state index in [1.165, 1.54) is 11.0 Å². The number of aryl methyl sites for hydroxylation is 1. The number of carbonyl (C=O) groups excluding carboxylic acids is 2. The van der Waals surface area contributed by atoms with Gasteiger partial charge in [-0.3, -0.25) is 4.79 Å². The molecule has 2 aromatic rings. The fourth-order valence-corrected chi connectivity index (χ4v) is 2.72. The number of thiophene rings is 1. The number of hydrogen-bond acceptors (Lipinski definition) is 4. The maximum absolute atomic E-state index is 12.1. The van der Waals surface area contributed by atoms with Crippen molar-refractivity contribution < 1.29 is 14.3 Å². The monoisotopic (exact) mass is 334 g/mol. The highest BCUT2D eigenvalue weighted by Gasteiger charge is 2.18. The SMILES string of the molecule is Cc1ccc(/C=C/C(=O)O[C@H](C)C(=O)c2ccc(Cl)cc2)s1. The van der Waals surface area contributed by atoms with Crippen molar-refractivity contribution in [2.45, 2.75) is 20.0 Å². The van der Waals surface area contributed by atoms with Crippen LogP contribution in [-0.4, -0.2) is 17.9 Å². The number of carbonyl (C=O) groups is 2. The Morgan fingerprint density at radius 3 is 2.45 bits per heavy atom. The molecule has 0 amide bonds. The van der Waals surface area contributed by atoms with Gasteiger partial charge in [-0.2, -0.15) is 0 Å². The molecule has 0 aliphatic carbocycles. The van der Waals surface area contributed by atoms with E-state index in [1.807, 2.05) is 19.1 Å². The molecule has 0 N–H and O–H groups in total. The van der Waals surface area contributed by atoms with E-state index in [0.29, 0.717) is 10.6 Å². The summed E-state index contributed by atoms with van der Waals surface area (Å²) >= 11 is 7.36. The Morgan fingerprint density at radius 1 is 1.18 bits per heavy atom. The maximum Gasteiger partial charge on any atom is 0.331 e. The van der Waals surface area contributed by atoms with E-state index >= 15 is 0 Å². The highest BCUT2D eigenvalue weighted by atomic mass is 35.5. The second kappa shape index (κ2) is 7.38. The van der Waals surface area contributed by atoms with Crippen LogP contribution < -0.4 is 0 Å². The second-order valence-electron chi connectivity index (χ2n) is 4.73. The Balaban J connectivity index is 1.94. The van der Waals surface area contributed by atoms with Gasteiger partial charge in [-0.05, 0) is 56.3 Å². The van der Waals surface area contributed by atoms with E-state index in [0.717, 1.165) is 4.88 Å². The third kappa shape index (κ3) is 4.55. The van der Waals surface area contributed by atoms with Crippen molar-refractivity contribution in [1.82, 2.24) is 0 Å². The summed E-state index contributed by atoms with van der Waals surface area (Å²) in [6.45, 7) is 3.55. The fraction of sp³-hybridized carbons (Fsp3) is 0.176. The minimum absolute atomic E-state index is 0.259. The van der Waals surface area contributed by atoms with Crippen LogP contribution in [0.1, 0.15) is 27.0 Å². The van der Waals surface area contributed by atoms with E-state index in [9.17, 15) is 9.59 Å². The van der Waals surface area contributed by atoms with Gasteiger partial charge in [-0.25, -0.2) is 4.79 Å². The summed E-state index contributed by atoms with van der Waals surface area (Å²) in [7, 11) is 0. The first-order valence-electron chi connectivity index (χ1n) is 6.70. The first kappa shape index (κ1) is 16.5. The van der Waals surface area contributed by atoms with Gasteiger partial charge in [-0.1, -0.05) is 11.6 Å². The van der Waals surface area contributed by atoms with Crippen molar-refractivity contribution in [3.63, 3.8) is 0 Å². The highest BCUT2D eigenvalue weighted by molar-refractivity contribution is 7.12. The van der Waals surface area contributed by atoms with Crippen molar-refractivity contribution in [3.05, 3.63) is 62.8 Å². The molecule has 0 spiro atoms. The van der Waals surface area contributed by atoms with Gasteiger partial charge in [-0.15, -0.1) is 11.3 Å². The second-order valence-corrected chi connectivity index (χ2v) is 6.49. The molecule has 5 heteroatoms. The Hall–Kier alpha value is -1.91. The summed E-state index contributed by atoms with van der Waals surface area (Å²) in [6, 6.07) is 10.4. The van der Waals surface area contributed by atoms with E-state index in [2.05, 4.69) is 0 Å². The summed E-state index contributed by atoms with van der Waals surface area (Å²) < 4.78 is 5.12. The number of ether oxygens (including phenoxy) is 1. The molecular formula is C17H15ClO3S. The fourth-order valence-electron chi connectivity index (χ4n) is 1.81. The first-order valence-corrected chi connectivity index (χ1v) is 7.90. The maximum atomic E-state index is 12.1. The zero-order valence-corrected chi connectivity index (χ0v) is 13.8. The minimum Gasteiger partial charge on any atom is -0.451 e. The van der Waals surface area contributed by atoms with Crippen molar-refractivity contribution in [2.24, 2.45) is 0 Å². The van der Waals surface area contributed by atoms with Crippen LogP contribution in [0.4, 0.5) is 0 Å². The summed E-state index contributed by atoms with van der Waals surface area (Å²) in [5.74, 6) is -0.800. The third-order valence-corrected chi connectivity index (χ3v) is 4.15. The van der Waals surface area contributed by atoms with Gasteiger partial charge >= 0.3 is 5.97 Å². The molecule has 0 aliphatic heterocycles. The minimum atomic E-state index is -0.844. The van der Waals surface area contributed by atoms with Crippen LogP contribution in [0.2, 0.25) is 5.02 Å². The standard InChI is InChI=1S/C17H15ClO3S/c1-11-3-8-15(22-11)9-10-16(19)21-12(2)17(20)13-4-6-14(18)7-5-13/h3-10,12H,1-2H3/b10-9+/t12-/m1/s1. The Morgan fingerprint density at radius 2 is 1.86 bits per heavy atom. The number of hydrogen-bond donors (Lipinski definition) is 0. The van der Waals surface area contributed by atoms with Crippen LogP contribution in [0.15, 0.2) is 42.5 Å². The van der Waals surface area contributed by atoms with E-state index in [4.69, 9.17) is 16.3 Å². The normalized spacial score (nSPS) is 12.3. The molecule has 0 saturated heterocycles. The number of benzene rings is 1. The van der Waals surface area contributed by atoms with Gasteiger partial charge in [0.25, 0.3) is 0 Å². The average Bonchev–Trinajstić information content (AvgIpc) is 2.91. The lowest BCUT2D eigenvalue weighted by Gasteiger charge is -2.10. The molecule has 0 radical (unpaired) electrons. The molecule has 1 aromatic carbocycles. The van der Waals surface area contributed by atoms with E-state index in [-0.39, 0.29) is 5.78 Å². The molecule has 0 unspecified atom stereocenters. The summed E-state index contributed by atoms with van der Waals surface area (Å²) in [6.07, 6.45) is 2.17. The smallest absolute Gasteiger partial charge is 0.331 e. The molecule has 0 saturated carbocycles. The lowest BCUT2D eigenvalue weighted by Crippen LogP contribution is -2.23. The average molecular weight is 335 g/mol. The topological polar surface area (TPSA) is 43.4 Å². The number of halogens is 1. The molecule has 0 fully saturated rings. The zero-order chi connectivity index (χ0) is 16.1. The van der Waals surface area contributed by atoms with Gasteiger partial charge in [0, 0.05) is 26.4 Å². The molecule has 3 nitrogen and oxygen atoms in total. The van der Waals surface area contributed by atoms with Crippen LogP contribution in [0.3, 0.4) is 0 Å². The highest BCUT2D eigenvalue weighted by Crippen LogP contribution is 2.17. The molecule has 1 atom stereocenters. The van der Waals surface area contributed by atoms with Gasteiger partial charge in [0.1, 0.15) is 0 Å². The Kier molecular flexibility index (Phi) is 5.52. The number of ketones is 1. The first-order chi connectivity index (χ1) is 10.5. The molecule has 1 heterocycles. The van der Waals surface area contributed by atoms with Crippen LogP contribution in [-0.2, 0) is 9.53 Å². The largest absolute Gasteiger partial charge is 0.451 e. The Bertz CT molecular complexity index is 701. The molecule has 22 heavy (non-hydrogen) atoms. The van der Waals surface area contributed by atoms with Crippen LogP contribution in [0.5, 0.6) is 0 Å². The lowest BCUT2D eigenvalue weighted by molar-refractivity contribution is -0.140. The van der Waals surface area contributed by atoms with Gasteiger partial charge in [0.15, 0.2) is 6.10 Å². The quantitative estimate of drug-likeness (QED) is 0.458. The molecule has 114 valence electrons. The van der Waals surface area contributed by atoms with Gasteiger partial charge < -0.3 is 4.74 Å².